The molecule has 0 aliphatic carbocycles. The third-order valence-corrected chi connectivity index (χ3v) is 5.39. The van der Waals surface area contributed by atoms with Gasteiger partial charge in [-0.15, -0.1) is 0 Å². The lowest BCUT2D eigenvalue weighted by molar-refractivity contribution is 0.587. The minimum Gasteiger partial charge on any atom is -0.278 e. The van der Waals surface area contributed by atoms with Crippen LogP contribution in [0.5, 0.6) is 0 Å². The van der Waals surface area contributed by atoms with Gasteiger partial charge in [0, 0.05) is 4.47 Å². The van der Waals surface area contributed by atoms with Crippen LogP contribution in [-0.4, -0.2) is 8.42 Å². The Bertz CT molecular complexity index is 781. The standard InChI is InChI=1S/C16H17BrClNO2S/c1-16(2,3)11-4-7-13(8-5-11)22(20,21)19-15-9-6-12(17)10-14(15)18/h4-10,19H,1-3H3. The second-order valence-electron chi connectivity index (χ2n) is 6.00. The van der Waals surface area contributed by atoms with Crippen molar-refractivity contribution in [1.82, 2.24) is 0 Å². The molecule has 2 aromatic rings. The summed E-state index contributed by atoms with van der Waals surface area (Å²) in [7, 11) is -3.66. The Labute approximate surface area is 144 Å². The van der Waals surface area contributed by atoms with E-state index in [1.165, 1.54) is 0 Å². The fraction of sp³-hybridized carbons (Fsp3) is 0.250. The quantitative estimate of drug-likeness (QED) is 0.767. The van der Waals surface area contributed by atoms with E-state index in [0.29, 0.717) is 10.7 Å². The monoisotopic (exact) mass is 401 g/mol. The molecule has 0 fully saturated rings. The second kappa shape index (κ2) is 6.22. The molecule has 0 saturated carbocycles. The van der Waals surface area contributed by atoms with Crippen LogP contribution in [0.3, 0.4) is 0 Å². The number of benzene rings is 2. The normalized spacial score (nSPS) is 12.2. The number of hydrogen-bond donors (Lipinski definition) is 1. The highest BCUT2D eigenvalue weighted by Crippen LogP contribution is 2.28. The molecule has 2 rings (SSSR count). The van der Waals surface area contributed by atoms with E-state index in [4.69, 9.17) is 11.6 Å². The van der Waals surface area contributed by atoms with Gasteiger partial charge in [0.2, 0.25) is 0 Å². The van der Waals surface area contributed by atoms with Crippen LogP contribution in [0.2, 0.25) is 5.02 Å². The van der Waals surface area contributed by atoms with Gasteiger partial charge in [-0.2, -0.15) is 0 Å². The molecular weight excluding hydrogens is 386 g/mol. The molecule has 6 heteroatoms. The summed E-state index contributed by atoms with van der Waals surface area (Å²) < 4.78 is 28.1. The Morgan fingerprint density at radius 3 is 2.14 bits per heavy atom. The highest BCUT2D eigenvalue weighted by Gasteiger charge is 2.18. The van der Waals surface area contributed by atoms with Gasteiger partial charge in [0.1, 0.15) is 0 Å². The first kappa shape index (κ1) is 17.3. The van der Waals surface area contributed by atoms with Crippen LogP contribution >= 0.6 is 27.5 Å². The van der Waals surface area contributed by atoms with E-state index >= 15 is 0 Å². The number of sulfonamides is 1. The minimum atomic E-state index is -3.66. The fourth-order valence-electron chi connectivity index (χ4n) is 1.91. The van der Waals surface area contributed by atoms with Crippen molar-refractivity contribution in [3.8, 4) is 0 Å². The lowest BCUT2D eigenvalue weighted by atomic mass is 9.87. The summed E-state index contributed by atoms with van der Waals surface area (Å²) in [5.74, 6) is 0. The van der Waals surface area contributed by atoms with E-state index < -0.39 is 10.0 Å². The maximum absolute atomic E-state index is 12.4. The Morgan fingerprint density at radius 1 is 1.05 bits per heavy atom. The van der Waals surface area contributed by atoms with Crippen LogP contribution in [0, 0.1) is 0 Å². The molecular formula is C16H17BrClNO2S. The molecule has 0 aromatic heterocycles. The van der Waals surface area contributed by atoms with Crippen molar-refractivity contribution in [2.75, 3.05) is 4.72 Å². The summed E-state index contributed by atoms with van der Waals surface area (Å²) in [6, 6.07) is 11.9. The van der Waals surface area contributed by atoms with Crippen molar-refractivity contribution in [3.05, 3.63) is 57.5 Å². The van der Waals surface area contributed by atoms with E-state index in [1.54, 1.807) is 30.3 Å². The Balaban J connectivity index is 2.31. The van der Waals surface area contributed by atoms with Crippen molar-refractivity contribution in [2.24, 2.45) is 0 Å². The summed E-state index contributed by atoms with van der Waals surface area (Å²) in [4.78, 5) is 0.208. The molecule has 0 atom stereocenters. The van der Waals surface area contributed by atoms with Crippen molar-refractivity contribution in [2.45, 2.75) is 31.1 Å². The summed E-state index contributed by atoms with van der Waals surface area (Å²) in [6.45, 7) is 6.24. The zero-order valence-electron chi connectivity index (χ0n) is 12.5. The van der Waals surface area contributed by atoms with Crippen LogP contribution in [0.4, 0.5) is 5.69 Å². The minimum absolute atomic E-state index is 0.0231. The van der Waals surface area contributed by atoms with Crippen LogP contribution < -0.4 is 4.72 Å². The van der Waals surface area contributed by atoms with Gasteiger partial charge in [0.25, 0.3) is 10.0 Å². The molecule has 0 unspecified atom stereocenters. The van der Waals surface area contributed by atoms with Gasteiger partial charge in [-0.1, -0.05) is 60.4 Å². The van der Waals surface area contributed by atoms with Crippen molar-refractivity contribution in [1.29, 1.82) is 0 Å². The molecule has 0 radical (unpaired) electrons. The predicted octanol–water partition coefficient (Wildman–Crippen LogP) is 5.20. The van der Waals surface area contributed by atoms with Crippen LogP contribution in [-0.2, 0) is 15.4 Å². The molecule has 0 spiro atoms. The first-order valence-electron chi connectivity index (χ1n) is 6.68. The van der Waals surface area contributed by atoms with Crippen molar-refractivity contribution in [3.63, 3.8) is 0 Å². The molecule has 22 heavy (non-hydrogen) atoms. The molecule has 0 saturated heterocycles. The Hall–Kier alpha value is -1.04. The second-order valence-corrected chi connectivity index (χ2v) is 9.01. The summed E-state index contributed by atoms with van der Waals surface area (Å²) in [6.07, 6.45) is 0. The fourth-order valence-corrected chi connectivity index (χ4v) is 3.77. The maximum Gasteiger partial charge on any atom is 0.261 e. The average Bonchev–Trinajstić information content (AvgIpc) is 2.41. The molecule has 0 aliphatic heterocycles. The largest absolute Gasteiger partial charge is 0.278 e. The van der Waals surface area contributed by atoms with Crippen LogP contribution in [0.1, 0.15) is 26.3 Å². The lowest BCUT2D eigenvalue weighted by Crippen LogP contribution is -2.15. The van der Waals surface area contributed by atoms with Gasteiger partial charge in [-0.3, -0.25) is 4.72 Å². The predicted molar refractivity (Wildman–Crippen MR) is 95.1 cm³/mol. The number of anilines is 1. The topological polar surface area (TPSA) is 46.2 Å². The first-order valence-corrected chi connectivity index (χ1v) is 9.33. The number of rotatable bonds is 3. The maximum atomic E-state index is 12.4. The van der Waals surface area contributed by atoms with Crippen molar-refractivity contribution < 1.29 is 8.42 Å². The third kappa shape index (κ3) is 4.03. The molecule has 1 N–H and O–H groups in total. The summed E-state index contributed by atoms with van der Waals surface area (Å²) in [5, 5.41) is 0.337. The van der Waals surface area contributed by atoms with Crippen LogP contribution in [0.15, 0.2) is 51.8 Å². The average molecular weight is 403 g/mol. The SMILES string of the molecule is CC(C)(C)c1ccc(S(=O)(=O)Nc2ccc(Br)cc2Cl)cc1. The molecule has 118 valence electrons. The number of halogens is 2. The highest BCUT2D eigenvalue weighted by atomic mass is 79.9. The third-order valence-electron chi connectivity index (χ3n) is 3.21. The Kier molecular flexibility index (Phi) is 4.90. The van der Waals surface area contributed by atoms with Gasteiger partial charge in [-0.05, 0) is 41.3 Å². The van der Waals surface area contributed by atoms with Gasteiger partial charge in [0.15, 0.2) is 0 Å². The zero-order chi connectivity index (χ0) is 16.5. The molecule has 2 aromatic carbocycles. The van der Waals surface area contributed by atoms with Gasteiger partial charge < -0.3 is 0 Å². The van der Waals surface area contributed by atoms with Gasteiger partial charge in [0.05, 0.1) is 15.6 Å². The lowest BCUT2D eigenvalue weighted by Gasteiger charge is -2.19. The smallest absolute Gasteiger partial charge is 0.261 e. The molecule has 0 amide bonds. The van der Waals surface area contributed by atoms with E-state index in [1.807, 2.05) is 12.1 Å². The molecule has 0 bridgehead atoms. The summed E-state index contributed by atoms with van der Waals surface area (Å²) in [5.41, 5.74) is 1.41. The molecule has 0 aliphatic rings. The van der Waals surface area contributed by atoms with Gasteiger partial charge >= 0.3 is 0 Å². The highest BCUT2D eigenvalue weighted by molar-refractivity contribution is 9.10. The zero-order valence-corrected chi connectivity index (χ0v) is 15.7. The first-order chi connectivity index (χ1) is 10.1. The Morgan fingerprint density at radius 2 is 1.64 bits per heavy atom. The molecule has 0 heterocycles. The number of nitrogens with one attached hydrogen (secondary N) is 1. The van der Waals surface area contributed by atoms with Crippen molar-refractivity contribution >= 4 is 43.2 Å². The van der Waals surface area contributed by atoms with E-state index in [0.717, 1.165) is 10.0 Å². The van der Waals surface area contributed by atoms with Gasteiger partial charge in [-0.25, -0.2) is 8.42 Å². The van der Waals surface area contributed by atoms with E-state index in [2.05, 4.69) is 41.4 Å². The van der Waals surface area contributed by atoms with E-state index in [9.17, 15) is 8.42 Å². The molecule has 3 nitrogen and oxygen atoms in total. The number of hydrogen-bond acceptors (Lipinski definition) is 2. The van der Waals surface area contributed by atoms with E-state index in [-0.39, 0.29) is 10.3 Å². The van der Waals surface area contributed by atoms with Crippen LogP contribution in [0.25, 0.3) is 0 Å². The summed E-state index contributed by atoms with van der Waals surface area (Å²) >= 11 is 9.34.